The first kappa shape index (κ1) is 25.5. The van der Waals surface area contributed by atoms with Crippen molar-refractivity contribution in [1.29, 1.82) is 0 Å². The van der Waals surface area contributed by atoms with Gasteiger partial charge in [0.25, 0.3) is 15.9 Å². The third-order valence-corrected chi connectivity index (χ3v) is 9.17. The summed E-state index contributed by atoms with van der Waals surface area (Å²) in [5, 5.41) is 0.270. The first-order chi connectivity index (χ1) is 16.9. The van der Waals surface area contributed by atoms with Gasteiger partial charge in [-0.3, -0.25) is 9.52 Å². The van der Waals surface area contributed by atoms with Gasteiger partial charge in [0.1, 0.15) is 10.8 Å². The molecule has 1 aliphatic heterocycles. The van der Waals surface area contributed by atoms with E-state index in [1.807, 2.05) is 0 Å². The van der Waals surface area contributed by atoms with Gasteiger partial charge in [0.15, 0.2) is 0 Å². The molecule has 1 saturated heterocycles. The van der Waals surface area contributed by atoms with Crippen LogP contribution in [0.2, 0.25) is 0 Å². The van der Waals surface area contributed by atoms with E-state index in [4.69, 9.17) is 9.47 Å². The Labute approximate surface area is 210 Å². The molecule has 1 aromatic heterocycles. The molecule has 8 nitrogen and oxygen atoms in total. The van der Waals surface area contributed by atoms with E-state index in [-0.39, 0.29) is 28.0 Å². The minimum absolute atomic E-state index is 0.0577. The highest BCUT2D eigenvalue weighted by atomic mass is 32.2. The van der Waals surface area contributed by atoms with Gasteiger partial charge in [0.2, 0.25) is 0 Å². The van der Waals surface area contributed by atoms with E-state index in [9.17, 15) is 18.0 Å². The van der Waals surface area contributed by atoms with Gasteiger partial charge in [-0.05, 0) is 69.2 Å². The van der Waals surface area contributed by atoms with Crippen molar-refractivity contribution in [3.8, 4) is 5.75 Å². The number of hydrogen-bond donors (Lipinski definition) is 1. The Balaban J connectivity index is 1.68. The highest BCUT2D eigenvalue weighted by Gasteiger charge is 2.30. The second-order valence-electron chi connectivity index (χ2n) is 8.81. The van der Waals surface area contributed by atoms with Crippen LogP contribution in [0.3, 0.4) is 0 Å². The SMILES string of the molecule is CCOC(=O)c1c(NS(=O)(=O)c2ccc(OC)c(C(=O)N3CCCCCC3)c2)sc2c1CCCC2. The van der Waals surface area contributed by atoms with E-state index in [1.54, 1.807) is 11.8 Å². The van der Waals surface area contributed by atoms with Crippen LogP contribution >= 0.6 is 11.3 Å². The van der Waals surface area contributed by atoms with Crippen molar-refractivity contribution < 1.29 is 27.5 Å². The molecule has 2 heterocycles. The molecule has 35 heavy (non-hydrogen) atoms. The predicted molar refractivity (Wildman–Crippen MR) is 135 cm³/mol. The maximum Gasteiger partial charge on any atom is 0.341 e. The van der Waals surface area contributed by atoms with Crippen LogP contribution in [0.4, 0.5) is 5.00 Å². The molecule has 0 unspecified atom stereocenters. The lowest BCUT2D eigenvalue weighted by atomic mass is 9.95. The van der Waals surface area contributed by atoms with Crippen LogP contribution in [0.1, 0.15) is 76.6 Å². The number of ether oxygens (including phenoxy) is 2. The van der Waals surface area contributed by atoms with Crippen molar-refractivity contribution in [3.05, 3.63) is 39.8 Å². The average Bonchev–Trinajstić information content (AvgIpc) is 3.00. The van der Waals surface area contributed by atoms with Crippen molar-refractivity contribution in [1.82, 2.24) is 4.90 Å². The lowest BCUT2D eigenvalue weighted by Crippen LogP contribution is -2.32. The number of nitrogens with one attached hydrogen (secondary N) is 1. The molecule has 2 aliphatic rings. The van der Waals surface area contributed by atoms with Gasteiger partial charge in [-0.1, -0.05) is 12.8 Å². The molecule has 2 aromatic rings. The number of amides is 1. The van der Waals surface area contributed by atoms with E-state index in [0.717, 1.165) is 61.8 Å². The topological polar surface area (TPSA) is 102 Å². The number of carbonyl (C=O) groups is 2. The third-order valence-electron chi connectivity index (χ3n) is 6.48. The quantitative estimate of drug-likeness (QED) is 0.534. The summed E-state index contributed by atoms with van der Waals surface area (Å²) in [5.74, 6) is -0.423. The lowest BCUT2D eigenvalue weighted by molar-refractivity contribution is 0.0526. The van der Waals surface area contributed by atoms with Gasteiger partial charge >= 0.3 is 5.97 Å². The maximum atomic E-state index is 13.4. The second kappa shape index (κ2) is 11.0. The third kappa shape index (κ3) is 5.48. The van der Waals surface area contributed by atoms with E-state index in [0.29, 0.717) is 24.4 Å². The molecule has 0 saturated carbocycles. The molecule has 0 spiro atoms. The van der Waals surface area contributed by atoms with E-state index in [1.165, 1.54) is 36.6 Å². The van der Waals surface area contributed by atoms with Crippen molar-refractivity contribution >= 4 is 38.2 Å². The molecule has 1 fully saturated rings. The molecule has 0 bridgehead atoms. The van der Waals surface area contributed by atoms with Crippen LogP contribution in [0.5, 0.6) is 5.75 Å². The molecule has 1 N–H and O–H groups in total. The van der Waals surface area contributed by atoms with Gasteiger partial charge in [0.05, 0.1) is 29.7 Å². The molecule has 4 rings (SSSR count). The summed E-state index contributed by atoms with van der Waals surface area (Å²) < 4.78 is 40.1. The summed E-state index contributed by atoms with van der Waals surface area (Å²) in [6.07, 6.45) is 7.48. The Bertz CT molecular complexity index is 1200. The number of fused-ring (bicyclic) bond motifs is 1. The Hall–Kier alpha value is -2.59. The predicted octanol–water partition coefficient (Wildman–Crippen LogP) is 4.63. The van der Waals surface area contributed by atoms with Crippen LogP contribution in [0.15, 0.2) is 23.1 Å². The smallest absolute Gasteiger partial charge is 0.341 e. The lowest BCUT2D eigenvalue weighted by Gasteiger charge is -2.22. The van der Waals surface area contributed by atoms with Crippen LogP contribution in [0.25, 0.3) is 0 Å². The first-order valence-electron chi connectivity index (χ1n) is 12.2. The zero-order chi connectivity index (χ0) is 25.0. The van der Waals surface area contributed by atoms with Crippen molar-refractivity contribution in [2.24, 2.45) is 0 Å². The molecular formula is C25H32N2O6S2. The molecule has 0 atom stereocenters. The Morgan fingerprint density at radius 2 is 1.77 bits per heavy atom. The zero-order valence-corrected chi connectivity index (χ0v) is 21.9. The number of aryl methyl sites for hydroxylation is 1. The Kier molecular flexibility index (Phi) is 8.01. The fraction of sp³-hybridized carbons (Fsp3) is 0.520. The number of esters is 1. The Morgan fingerprint density at radius 1 is 1.06 bits per heavy atom. The molecule has 10 heteroatoms. The number of thiophene rings is 1. The maximum absolute atomic E-state index is 13.4. The number of benzene rings is 1. The first-order valence-corrected chi connectivity index (χ1v) is 14.5. The second-order valence-corrected chi connectivity index (χ2v) is 11.6. The number of carbonyl (C=O) groups excluding carboxylic acids is 2. The standard InChI is InChI=1S/C25H32N2O6S2/c1-3-33-25(29)22-18-10-6-7-11-21(18)34-23(22)26-35(30,31)17-12-13-20(32-2)19(16-17)24(28)27-14-8-4-5-9-15-27/h12-13,16,26H,3-11,14-15H2,1-2H3. The summed E-state index contributed by atoms with van der Waals surface area (Å²) in [6, 6.07) is 4.29. The average molecular weight is 521 g/mol. The summed E-state index contributed by atoms with van der Waals surface area (Å²) in [4.78, 5) is 28.7. The number of rotatable bonds is 7. The summed E-state index contributed by atoms with van der Waals surface area (Å²) in [7, 11) is -2.62. The number of nitrogens with zero attached hydrogens (tertiary/aromatic N) is 1. The molecular weight excluding hydrogens is 488 g/mol. The molecule has 0 radical (unpaired) electrons. The van der Waals surface area contributed by atoms with Crippen molar-refractivity contribution in [2.45, 2.75) is 63.2 Å². The number of anilines is 1. The molecule has 1 amide bonds. The van der Waals surface area contributed by atoms with Crippen LogP contribution in [0, 0.1) is 0 Å². The highest BCUT2D eigenvalue weighted by molar-refractivity contribution is 7.93. The molecule has 1 aliphatic carbocycles. The van der Waals surface area contributed by atoms with Gasteiger partial charge in [-0.25, -0.2) is 13.2 Å². The fourth-order valence-electron chi connectivity index (χ4n) is 4.70. The minimum Gasteiger partial charge on any atom is -0.496 e. The fourth-order valence-corrected chi connectivity index (χ4v) is 7.31. The minimum atomic E-state index is -4.08. The zero-order valence-electron chi connectivity index (χ0n) is 20.2. The largest absolute Gasteiger partial charge is 0.496 e. The van der Waals surface area contributed by atoms with Gasteiger partial charge in [0, 0.05) is 18.0 Å². The van der Waals surface area contributed by atoms with E-state index >= 15 is 0 Å². The van der Waals surface area contributed by atoms with Crippen molar-refractivity contribution in [3.63, 3.8) is 0 Å². The molecule has 1 aromatic carbocycles. The monoisotopic (exact) mass is 520 g/mol. The number of likely N-dealkylation sites (tertiary alicyclic amines) is 1. The van der Waals surface area contributed by atoms with Gasteiger partial charge in [-0.2, -0.15) is 0 Å². The number of sulfonamides is 1. The van der Waals surface area contributed by atoms with Gasteiger partial charge in [-0.15, -0.1) is 11.3 Å². The van der Waals surface area contributed by atoms with Crippen LogP contribution in [-0.2, 0) is 27.6 Å². The van der Waals surface area contributed by atoms with Crippen LogP contribution < -0.4 is 9.46 Å². The van der Waals surface area contributed by atoms with E-state index < -0.39 is 16.0 Å². The van der Waals surface area contributed by atoms with Crippen LogP contribution in [-0.4, -0.2) is 52.0 Å². The summed E-state index contributed by atoms with van der Waals surface area (Å²) in [6.45, 7) is 3.21. The number of methoxy groups -OCH3 is 1. The summed E-state index contributed by atoms with van der Waals surface area (Å²) in [5.41, 5.74) is 1.40. The van der Waals surface area contributed by atoms with Crippen molar-refractivity contribution in [2.75, 3.05) is 31.5 Å². The summed E-state index contributed by atoms with van der Waals surface area (Å²) >= 11 is 1.29. The molecule has 190 valence electrons. The van der Waals surface area contributed by atoms with Gasteiger partial charge < -0.3 is 14.4 Å². The van der Waals surface area contributed by atoms with E-state index in [2.05, 4.69) is 4.72 Å². The highest BCUT2D eigenvalue weighted by Crippen LogP contribution is 2.40. The Morgan fingerprint density at radius 3 is 2.46 bits per heavy atom. The normalized spacial score (nSPS) is 16.2. The number of hydrogen-bond acceptors (Lipinski definition) is 7.